The molecule has 138 valence electrons. The highest BCUT2D eigenvalue weighted by atomic mass is 19.1. The summed E-state index contributed by atoms with van der Waals surface area (Å²) < 4.78 is 13.1. The molecule has 0 saturated carbocycles. The van der Waals surface area contributed by atoms with Crippen LogP contribution in [0.4, 0.5) is 10.1 Å². The monoisotopic (exact) mass is 364 g/mol. The number of anilines is 1. The normalized spacial score (nSPS) is 17.1. The molecule has 0 radical (unpaired) electrons. The number of hydrogen-bond donors (Lipinski definition) is 2. The molecule has 3 aromatic rings. The molecule has 1 aliphatic rings. The number of nitrogens with zero attached hydrogens (tertiary/aromatic N) is 2. The van der Waals surface area contributed by atoms with Crippen molar-refractivity contribution >= 4 is 11.6 Å². The van der Waals surface area contributed by atoms with E-state index in [1.165, 1.54) is 12.1 Å². The summed E-state index contributed by atoms with van der Waals surface area (Å²) in [4.78, 5) is 22.1. The van der Waals surface area contributed by atoms with E-state index >= 15 is 0 Å². The van der Waals surface area contributed by atoms with Crippen LogP contribution in [-0.2, 0) is 11.3 Å². The van der Waals surface area contributed by atoms with E-state index in [4.69, 9.17) is 0 Å². The smallest absolute Gasteiger partial charge is 0.241 e. The number of aromatic amines is 1. The number of aromatic nitrogens is 2. The fourth-order valence-electron chi connectivity index (χ4n) is 3.55. The minimum absolute atomic E-state index is 0.00303. The van der Waals surface area contributed by atoms with Gasteiger partial charge in [-0.2, -0.15) is 0 Å². The lowest BCUT2D eigenvalue weighted by Gasteiger charge is -2.23. The van der Waals surface area contributed by atoms with Gasteiger partial charge in [-0.25, -0.2) is 9.37 Å². The number of hydrogen-bond acceptors (Lipinski definition) is 3. The van der Waals surface area contributed by atoms with Crippen LogP contribution in [0, 0.1) is 5.82 Å². The van der Waals surface area contributed by atoms with Crippen molar-refractivity contribution in [1.82, 2.24) is 14.9 Å². The third kappa shape index (κ3) is 4.06. The summed E-state index contributed by atoms with van der Waals surface area (Å²) in [5.74, 6) is -0.259. The van der Waals surface area contributed by atoms with Gasteiger partial charge in [-0.05, 0) is 54.8 Å². The van der Waals surface area contributed by atoms with Crippen molar-refractivity contribution in [3.8, 4) is 11.1 Å². The predicted molar refractivity (Wildman–Crippen MR) is 102 cm³/mol. The van der Waals surface area contributed by atoms with E-state index < -0.39 is 0 Å². The zero-order valence-electron chi connectivity index (χ0n) is 14.9. The predicted octanol–water partition coefficient (Wildman–Crippen LogP) is 3.82. The molecule has 1 aliphatic heterocycles. The Morgan fingerprint density at radius 2 is 2.07 bits per heavy atom. The number of H-pyrrole nitrogens is 1. The maximum atomic E-state index is 13.1. The maximum absolute atomic E-state index is 13.1. The Labute approximate surface area is 157 Å². The van der Waals surface area contributed by atoms with Crippen molar-refractivity contribution in [2.45, 2.75) is 25.4 Å². The van der Waals surface area contributed by atoms with Crippen LogP contribution in [0.15, 0.2) is 61.1 Å². The Kier molecular flexibility index (Phi) is 4.98. The Morgan fingerprint density at radius 1 is 1.22 bits per heavy atom. The van der Waals surface area contributed by atoms with Crippen molar-refractivity contribution < 1.29 is 9.18 Å². The summed E-state index contributed by atoms with van der Waals surface area (Å²) in [6.45, 7) is 1.58. The van der Waals surface area contributed by atoms with E-state index in [1.807, 2.05) is 24.3 Å². The molecular weight excluding hydrogens is 343 g/mol. The first-order valence-corrected chi connectivity index (χ1v) is 9.07. The van der Waals surface area contributed by atoms with Gasteiger partial charge in [0.05, 0.1) is 12.4 Å². The van der Waals surface area contributed by atoms with Gasteiger partial charge in [0.1, 0.15) is 5.82 Å². The van der Waals surface area contributed by atoms with E-state index in [2.05, 4.69) is 20.2 Å². The fraction of sp³-hybridized carbons (Fsp3) is 0.238. The molecule has 1 atom stereocenters. The maximum Gasteiger partial charge on any atom is 0.241 e. The van der Waals surface area contributed by atoms with E-state index in [-0.39, 0.29) is 17.8 Å². The molecular formula is C21H21FN4O. The first kappa shape index (κ1) is 17.4. The van der Waals surface area contributed by atoms with Gasteiger partial charge in [-0.15, -0.1) is 0 Å². The van der Waals surface area contributed by atoms with Gasteiger partial charge < -0.3 is 10.3 Å². The van der Waals surface area contributed by atoms with Gasteiger partial charge in [0.25, 0.3) is 0 Å². The second-order valence-corrected chi connectivity index (χ2v) is 6.78. The zero-order chi connectivity index (χ0) is 18.6. The largest absolute Gasteiger partial charge is 0.347 e. The molecule has 6 heteroatoms. The van der Waals surface area contributed by atoms with Crippen molar-refractivity contribution in [2.75, 3.05) is 11.9 Å². The number of nitrogens with one attached hydrogen (secondary N) is 2. The van der Waals surface area contributed by atoms with Crippen LogP contribution in [0.2, 0.25) is 0 Å². The van der Waals surface area contributed by atoms with E-state index in [1.54, 1.807) is 24.7 Å². The van der Waals surface area contributed by atoms with Gasteiger partial charge in [0, 0.05) is 24.1 Å². The summed E-state index contributed by atoms with van der Waals surface area (Å²) in [7, 11) is 0. The summed E-state index contributed by atoms with van der Waals surface area (Å²) in [5.41, 5.74) is 3.60. The quantitative estimate of drug-likeness (QED) is 0.724. The molecule has 1 amide bonds. The van der Waals surface area contributed by atoms with Crippen LogP contribution in [0.3, 0.4) is 0 Å². The fourth-order valence-corrected chi connectivity index (χ4v) is 3.55. The standard InChI is InChI=1S/C21H21FN4O/c22-17-8-6-15(7-9-17)16-3-1-4-18(11-16)25-21(27)20-5-2-10-26(20)13-19-12-23-14-24-19/h1,3-4,6-9,11-12,14,20H,2,5,10,13H2,(H,23,24)(H,25,27)/t20-/m1/s1. The Balaban J connectivity index is 1.46. The molecule has 2 aromatic carbocycles. The highest BCUT2D eigenvalue weighted by Gasteiger charge is 2.30. The Bertz CT molecular complexity index is 908. The molecule has 0 bridgehead atoms. The summed E-state index contributed by atoms with van der Waals surface area (Å²) in [5, 5.41) is 3.03. The van der Waals surface area contributed by atoms with Gasteiger partial charge in [0.2, 0.25) is 5.91 Å². The molecule has 4 rings (SSSR count). The second-order valence-electron chi connectivity index (χ2n) is 6.78. The second kappa shape index (κ2) is 7.72. The first-order valence-electron chi connectivity index (χ1n) is 9.07. The Morgan fingerprint density at radius 3 is 2.85 bits per heavy atom. The number of halogens is 1. The summed E-state index contributed by atoms with van der Waals surface area (Å²) >= 11 is 0. The number of rotatable bonds is 5. The molecule has 0 spiro atoms. The number of amides is 1. The molecule has 1 aromatic heterocycles. The van der Waals surface area contributed by atoms with E-state index in [0.717, 1.165) is 41.9 Å². The van der Waals surface area contributed by atoms with Gasteiger partial charge in [-0.3, -0.25) is 9.69 Å². The van der Waals surface area contributed by atoms with Crippen molar-refractivity contribution in [3.05, 3.63) is 72.6 Å². The number of likely N-dealkylation sites (tertiary alicyclic amines) is 1. The van der Waals surface area contributed by atoms with Gasteiger partial charge in [-0.1, -0.05) is 24.3 Å². The molecule has 0 unspecified atom stereocenters. The minimum Gasteiger partial charge on any atom is -0.347 e. The zero-order valence-corrected chi connectivity index (χ0v) is 14.9. The average Bonchev–Trinajstić information content (AvgIpc) is 3.35. The third-order valence-corrected chi connectivity index (χ3v) is 4.90. The van der Waals surface area contributed by atoms with Crippen LogP contribution in [-0.4, -0.2) is 33.4 Å². The molecule has 1 fully saturated rings. The molecule has 5 nitrogen and oxygen atoms in total. The SMILES string of the molecule is O=C(Nc1cccc(-c2ccc(F)cc2)c1)[C@H]1CCCN1Cc1cnc[nH]1. The molecule has 27 heavy (non-hydrogen) atoms. The molecule has 2 heterocycles. The third-order valence-electron chi connectivity index (χ3n) is 4.90. The number of imidazole rings is 1. The highest BCUT2D eigenvalue weighted by Crippen LogP contribution is 2.25. The lowest BCUT2D eigenvalue weighted by molar-refractivity contribution is -0.120. The number of carbonyl (C=O) groups is 1. The summed E-state index contributed by atoms with van der Waals surface area (Å²) in [6, 6.07) is 13.8. The lowest BCUT2D eigenvalue weighted by atomic mass is 10.0. The van der Waals surface area contributed by atoms with Crippen molar-refractivity contribution in [2.24, 2.45) is 0 Å². The van der Waals surface area contributed by atoms with Crippen LogP contribution < -0.4 is 5.32 Å². The Hall–Kier alpha value is -2.99. The van der Waals surface area contributed by atoms with Gasteiger partial charge in [0.15, 0.2) is 0 Å². The van der Waals surface area contributed by atoms with Crippen LogP contribution in [0.25, 0.3) is 11.1 Å². The molecule has 0 aliphatic carbocycles. The van der Waals surface area contributed by atoms with Crippen molar-refractivity contribution in [1.29, 1.82) is 0 Å². The lowest BCUT2D eigenvalue weighted by Crippen LogP contribution is -2.39. The molecule has 1 saturated heterocycles. The van der Waals surface area contributed by atoms with Crippen molar-refractivity contribution in [3.63, 3.8) is 0 Å². The topological polar surface area (TPSA) is 61.0 Å². The van der Waals surface area contributed by atoms with E-state index in [0.29, 0.717) is 6.54 Å². The first-order chi connectivity index (χ1) is 13.2. The molecule has 2 N–H and O–H groups in total. The summed E-state index contributed by atoms with van der Waals surface area (Å²) in [6.07, 6.45) is 5.29. The minimum atomic E-state index is -0.262. The van der Waals surface area contributed by atoms with Gasteiger partial charge >= 0.3 is 0 Å². The number of carbonyl (C=O) groups excluding carboxylic acids is 1. The van der Waals surface area contributed by atoms with Crippen LogP contribution in [0.5, 0.6) is 0 Å². The highest BCUT2D eigenvalue weighted by molar-refractivity contribution is 5.95. The van der Waals surface area contributed by atoms with Crippen LogP contribution in [0.1, 0.15) is 18.5 Å². The van der Waals surface area contributed by atoms with Crippen LogP contribution >= 0.6 is 0 Å². The van der Waals surface area contributed by atoms with E-state index in [9.17, 15) is 9.18 Å². The number of benzene rings is 2. The average molecular weight is 364 g/mol.